The Kier molecular flexibility index (Phi) is 4.71. The van der Waals surface area contributed by atoms with E-state index in [1.165, 1.54) is 17.3 Å². The topological polar surface area (TPSA) is 65.0 Å². The summed E-state index contributed by atoms with van der Waals surface area (Å²) in [6, 6.07) is 2.09. The third-order valence-corrected chi connectivity index (χ3v) is 6.83. The molecule has 120 valence electrons. The predicted molar refractivity (Wildman–Crippen MR) is 93.3 cm³/mol. The van der Waals surface area contributed by atoms with Crippen LogP contribution in [0.25, 0.3) is 19.6 Å². The third-order valence-electron chi connectivity index (χ3n) is 3.33. The molecule has 3 aromatic rings. The van der Waals surface area contributed by atoms with Crippen molar-refractivity contribution in [3.63, 3.8) is 0 Å². The molecule has 7 heteroatoms. The van der Waals surface area contributed by atoms with Gasteiger partial charge in [-0.25, -0.2) is 0 Å². The van der Waals surface area contributed by atoms with Gasteiger partial charge in [-0.05, 0) is 0 Å². The second-order valence-electron chi connectivity index (χ2n) is 5.21. The van der Waals surface area contributed by atoms with Gasteiger partial charge in [-0.3, -0.25) is 0 Å². The van der Waals surface area contributed by atoms with Gasteiger partial charge in [-0.1, -0.05) is 0 Å². The molecular formula is C16H17N3O2SSe. The summed E-state index contributed by atoms with van der Waals surface area (Å²) in [5, 5.41) is 2.03. The Hall–Kier alpha value is -1.43. The van der Waals surface area contributed by atoms with Crippen LogP contribution in [0, 0.1) is 20.8 Å². The van der Waals surface area contributed by atoms with Crippen LogP contribution in [0.2, 0.25) is 0 Å². The number of fused-ring (bicyclic) bond motifs is 3. The van der Waals surface area contributed by atoms with Crippen molar-refractivity contribution in [1.29, 1.82) is 0 Å². The van der Waals surface area contributed by atoms with Crippen LogP contribution in [0.5, 0.6) is 0 Å². The second kappa shape index (κ2) is 6.59. The average molecular weight is 394 g/mol. The van der Waals surface area contributed by atoms with E-state index < -0.39 is 0 Å². The van der Waals surface area contributed by atoms with Crippen molar-refractivity contribution in [1.82, 2.24) is 15.0 Å². The molecule has 3 heterocycles. The molecule has 0 unspecified atom stereocenters. The third kappa shape index (κ3) is 3.27. The summed E-state index contributed by atoms with van der Waals surface area (Å²) < 4.78 is 7.25. The molecule has 23 heavy (non-hydrogen) atoms. The Bertz CT molecular complexity index is 907. The van der Waals surface area contributed by atoms with Gasteiger partial charge in [0.2, 0.25) is 0 Å². The van der Waals surface area contributed by atoms with Crippen LogP contribution >= 0.6 is 11.8 Å². The molecule has 0 radical (unpaired) electrons. The van der Waals surface area contributed by atoms with Crippen molar-refractivity contribution < 1.29 is 9.53 Å². The maximum absolute atomic E-state index is 11.6. The fourth-order valence-corrected chi connectivity index (χ4v) is 6.19. The fourth-order valence-electron chi connectivity index (χ4n) is 2.49. The molecule has 0 aliphatic rings. The molecule has 0 N–H and O–H groups in total. The zero-order valence-corrected chi connectivity index (χ0v) is 16.0. The number of hydrogen-bond acceptors (Lipinski definition) is 6. The first-order chi connectivity index (χ1) is 11.0. The van der Waals surface area contributed by atoms with E-state index in [4.69, 9.17) is 4.74 Å². The molecule has 0 bridgehead atoms. The van der Waals surface area contributed by atoms with Crippen LogP contribution in [0.4, 0.5) is 0 Å². The first-order valence-corrected chi connectivity index (χ1v) is 10.0. The van der Waals surface area contributed by atoms with Crippen LogP contribution < -0.4 is 0 Å². The van der Waals surface area contributed by atoms with E-state index >= 15 is 0 Å². The van der Waals surface area contributed by atoms with Gasteiger partial charge in [0, 0.05) is 0 Å². The average Bonchev–Trinajstić information content (AvgIpc) is 2.83. The molecule has 0 spiro atoms. The first kappa shape index (κ1) is 16.4. The normalized spacial score (nSPS) is 11.3. The van der Waals surface area contributed by atoms with Gasteiger partial charge in [0.05, 0.1) is 0 Å². The number of rotatable bonds is 4. The number of hydrogen-bond donors (Lipinski definition) is 0. The summed E-state index contributed by atoms with van der Waals surface area (Å²) in [4.78, 5) is 25.5. The van der Waals surface area contributed by atoms with E-state index in [0.29, 0.717) is 6.61 Å². The van der Waals surface area contributed by atoms with Gasteiger partial charge in [-0.15, -0.1) is 0 Å². The van der Waals surface area contributed by atoms with Crippen molar-refractivity contribution >= 4 is 51.8 Å². The number of pyridine rings is 1. The SMILES string of the molecule is CCOC(=O)CSc1nc(C)nc2c1[se]c1nc(C)cc(C)c12. The number of esters is 1. The van der Waals surface area contributed by atoms with Gasteiger partial charge in [-0.2, -0.15) is 0 Å². The van der Waals surface area contributed by atoms with Crippen LogP contribution in [0.3, 0.4) is 0 Å². The minimum absolute atomic E-state index is 0.0755. The van der Waals surface area contributed by atoms with E-state index in [0.717, 1.165) is 36.1 Å². The van der Waals surface area contributed by atoms with Gasteiger partial charge in [0.15, 0.2) is 0 Å². The second-order valence-corrected chi connectivity index (χ2v) is 8.27. The number of carbonyl (C=O) groups is 1. The summed E-state index contributed by atoms with van der Waals surface area (Å²) in [6.45, 7) is 8.21. The van der Waals surface area contributed by atoms with Gasteiger partial charge < -0.3 is 0 Å². The molecule has 0 fully saturated rings. The number of aryl methyl sites for hydroxylation is 3. The van der Waals surface area contributed by atoms with E-state index in [2.05, 4.69) is 27.9 Å². The molecule has 0 atom stereocenters. The van der Waals surface area contributed by atoms with Crippen molar-refractivity contribution in [2.24, 2.45) is 0 Å². The molecule has 0 aliphatic carbocycles. The minimum atomic E-state index is -0.212. The Morgan fingerprint density at radius 2 is 2.04 bits per heavy atom. The number of nitrogens with zero attached hydrogens (tertiary/aromatic N) is 3. The van der Waals surface area contributed by atoms with Crippen LogP contribution in [-0.2, 0) is 9.53 Å². The molecule has 0 saturated heterocycles. The van der Waals surface area contributed by atoms with Crippen molar-refractivity contribution in [3.8, 4) is 0 Å². The zero-order chi connectivity index (χ0) is 16.6. The molecule has 0 aliphatic heterocycles. The quantitative estimate of drug-likeness (QED) is 0.294. The Labute approximate surface area is 144 Å². The summed E-state index contributed by atoms with van der Waals surface area (Å²) in [6.07, 6.45) is 0. The summed E-state index contributed by atoms with van der Waals surface area (Å²) in [5.41, 5.74) is 3.22. The molecule has 5 nitrogen and oxygen atoms in total. The molecule has 3 aromatic heterocycles. The Balaban J connectivity index is 2.11. The van der Waals surface area contributed by atoms with E-state index in [1.807, 2.05) is 20.8 Å². The van der Waals surface area contributed by atoms with Crippen LogP contribution in [-0.4, -0.2) is 47.8 Å². The van der Waals surface area contributed by atoms with Crippen LogP contribution in [0.1, 0.15) is 24.0 Å². The van der Waals surface area contributed by atoms with E-state index in [9.17, 15) is 4.79 Å². The molecule has 0 aromatic carbocycles. The van der Waals surface area contributed by atoms with Gasteiger partial charge >= 0.3 is 145 Å². The first-order valence-electron chi connectivity index (χ1n) is 7.33. The molecular weight excluding hydrogens is 377 g/mol. The molecule has 3 rings (SSSR count). The standard InChI is InChI=1S/C16H17N3O2SSe/c1-5-21-11(20)7-22-15-14-13(18-10(4)19-15)12-8(2)6-9(3)17-16(12)23-14/h6H,5,7H2,1-4H3. The number of carbonyl (C=O) groups excluding carboxylic acids is 1. The number of aromatic nitrogens is 3. The van der Waals surface area contributed by atoms with E-state index in [-0.39, 0.29) is 26.2 Å². The Morgan fingerprint density at radius 1 is 1.26 bits per heavy atom. The fraction of sp³-hybridized carbons (Fsp3) is 0.375. The Morgan fingerprint density at radius 3 is 2.78 bits per heavy atom. The maximum atomic E-state index is 11.6. The number of ether oxygens (including phenoxy) is 1. The summed E-state index contributed by atoms with van der Waals surface area (Å²) in [5.74, 6) is 0.781. The van der Waals surface area contributed by atoms with Crippen LogP contribution in [0.15, 0.2) is 11.1 Å². The summed E-state index contributed by atoms with van der Waals surface area (Å²) >= 11 is 1.51. The van der Waals surface area contributed by atoms with E-state index in [1.54, 1.807) is 0 Å². The monoisotopic (exact) mass is 395 g/mol. The zero-order valence-electron chi connectivity index (χ0n) is 13.5. The number of thioether (sulfide) groups is 1. The van der Waals surface area contributed by atoms with Crippen molar-refractivity contribution in [2.45, 2.75) is 32.7 Å². The van der Waals surface area contributed by atoms with Crippen molar-refractivity contribution in [3.05, 3.63) is 23.1 Å². The predicted octanol–water partition coefficient (Wildman–Crippen LogP) is 2.82. The molecule has 0 amide bonds. The van der Waals surface area contributed by atoms with Crippen molar-refractivity contribution in [2.75, 3.05) is 12.4 Å². The summed E-state index contributed by atoms with van der Waals surface area (Å²) in [7, 11) is 0. The van der Waals surface area contributed by atoms with Gasteiger partial charge in [0.25, 0.3) is 0 Å². The van der Waals surface area contributed by atoms with Gasteiger partial charge in [0.1, 0.15) is 0 Å². The molecule has 0 saturated carbocycles.